The number of amides is 1. The van der Waals surface area contributed by atoms with Crippen LogP contribution in [0, 0.1) is 0 Å². The molecule has 1 aliphatic rings. The molecule has 7 rings (SSSR count). The van der Waals surface area contributed by atoms with Crippen LogP contribution < -0.4 is 15.5 Å². The number of aliphatic hydroxyl groups is 1. The van der Waals surface area contributed by atoms with Gasteiger partial charge in [0.15, 0.2) is 11.5 Å². The van der Waals surface area contributed by atoms with Crippen molar-refractivity contribution in [2.75, 3.05) is 17.9 Å². The number of benzene rings is 6. The van der Waals surface area contributed by atoms with E-state index in [4.69, 9.17) is 10.5 Å². The predicted molar refractivity (Wildman–Crippen MR) is 247 cm³/mol. The van der Waals surface area contributed by atoms with Crippen LogP contribution in [0.4, 0.5) is 45.5 Å². The van der Waals surface area contributed by atoms with Crippen LogP contribution in [0.25, 0.3) is 10.8 Å². The Kier molecular flexibility index (Phi) is 18.4. The number of hydrogen-bond donors (Lipinski definition) is 6. The van der Waals surface area contributed by atoms with Gasteiger partial charge in [0.05, 0.1) is 40.4 Å². The summed E-state index contributed by atoms with van der Waals surface area (Å²) in [4.78, 5) is 28.8. The Morgan fingerprint density at radius 1 is 0.731 bits per heavy atom. The molecule has 0 bridgehead atoms. The smallest absolute Gasteiger partial charge is 0.355 e. The molecular weight excluding hydrogens is 946 g/mol. The number of carboxylic acids is 1. The number of fused-ring (bicyclic) bond motifs is 1. The number of nitrogens with zero attached hydrogens (tertiary/aromatic N) is 9. The molecule has 327 valence electrons. The van der Waals surface area contributed by atoms with Gasteiger partial charge >= 0.3 is 5.97 Å². The van der Waals surface area contributed by atoms with Gasteiger partial charge in [-0.25, -0.2) is 9.79 Å². The van der Waals surface area contributed by atoms with Crippen molar-refractivity contribution in [3.8, 4) is 11.5 Å². The molecule has 0 saturated heterocycles. The number of carbonyl (C=O) groups excluding carboxylic acids is 1. The molecule has 6 aromatic carbocycles. The molecule has 27 heteroatoms. The van der Waals surface area contributed by atoms with E-state index in [-0.39, 0.29) is 150 Å². The van der Waals surface area contributed by atoms with Crippen LogP contribution in [0.1, 0.15) is 5.56 Å². The standard InChI is InChI=1S/C40H30N10O12S2.3Na/c1-62-32-20-27(44-43-26-5-3-7-29(19-26)63(56,57)58)13-15-31(32)46-48-35-36(40(54)55)49-50(39(35)53)28-6-2-4-25(18-28)45-47-34-33(64(59,60)61)17-22-16-24(12-14-30(22)37(34)51)42-38(52)21-8-10-23(41)11-9-21;;;/h2-20,35,51H,41H2,1H3,(H,42,52)(H,54,55)(H,56,57,58)(H,59,60,61);;;. The Hall–Kier alpha value is -5.32. The fourth-order valence-electron chi connectivity index (χ4n) is 5.96. The van der Waals surface area contributed by atoms with Crippen LogP contribution in [0.5, 0.6) is 11.5 Å². The summed E-state index contributed by atoms with van der Waals surface area (Å²) in [6.45, 7) is 0. The van der Waals surface area contributed by atoms with Crippen LogP contribution in [0.15, 0.2) is 166 Å². The first-order chi connectivity index (χ1) is 30.4. The summed E-state index contributed by atoms with van der Waals surface area (Å²) in [5.74, 6) is -3.48. The van der Waals surface area contributed by atoms with Gasteiger partial charge in [-0.3, -0.25) is 13.9 Å². The van der Waals surface area contributed by atoms with Gasteiger partial charge in [-0.2, -0.15) is 52.5 Å². The third-order valence-corrected chi connectivity index (χ3v) is 10.7. The number of azo groups is 3. The second kappa shape index (κ2) is 22.7. The second-order valence-corrected chi connectivity index (χ2v) is 16.1. The average molecular weight is 976 g/mol. The SMILES string of the molecule is COc1cc(N=Nc2cccc(S(=O)(=O)O)c2)ccc1N=NC1C(=O)N(c2cccc(N=Nc3c(S(=O)(=O)O)cc4cc(N=C(O)c5ccc(N)cc5)ccc4c3O)c2)N=C1C(=O)O.[Na].[Na].[Na]. The minimum atomic E-state index is -5.03. The third-order valence-electron chi connectivity index (χ3n) is 9.03. The quantitative estimate of drug-likeness (QED) is 0.0172. The first-order valence-electron chi connectivity index (χ1n) is 18.1. The summed E-state index contributed by atoms with van der Waals surface area (Å²) in [5.41, 5.74) is 5.70. The zero-order valence-electron chi connectivity index (χ0n) is 35.6. The van der Waals surface area contributed by atoms with E-state index in [1.54, 1.807) is 24.3 Å². The van der Waals surface area contributed by atoms with Crippen molar-refractivity contribution < 1.29 is 55.6 Å². The number of aliphatic imine (C=N–C) groups is 1. The Bertz CT molecular complexity index is 3290. The summed E-state index contributed by atoms with van der Waals surface area (Å²) in [7, 11) is -8.20. The molecule has 0 aliphatic carbocycles. The minimum absolute atomic E-state index is 0. The number of hydrazone groups is 1. The van der Waals surface area contributed by atoms with Gasteiger partial charge in [-0.05, 0) is 102 Å². The van der Waals surface area contributed by atoms with E-state index in [1.807, 2.05) is 0 Å². The summed E-state index contributed by atoms with van der Waals surface area (Å²) >= 11 is 0. The number of methoxy groups -OCH3 is 1. The van der Waals surface area contributed by atoms with Gasteiger partial charge < -0.3 is 25.8 Å². The summed E-state index contributed by atoms with van der Waals surface area (Å²) in [6, 6.07) is 24.4. The van der Waals surface area contributed by atoms with Gasteiger partial charge in [0.25, 0.3) is 26.1 Å². The molecule has 22 nitrogen and oxygen atoms in total. The maximum absolute atomic E-state index is 13.6. The number of phenolic OH excluding ortho intramolecular Hbond substituents is 1. The van der Waals surface area contributed by atoms with Crippen molar-refractivity contribution in [3.63, 3.8) is 0 Å². The van der Waals surface area contributed by atoms with Gasteiger partial charge in [0.2, 0.25) is 11.9 Å². The van der Waals surface area contributed by atoms with Crippen LogP contribution in [0.2, 0.25) is 0 Å². The van der Waals surface area contributed by atoms with E-state index in [0.29, 0.717) is 11.3 Å². The molecule has 0 spiro atoms. The monoisotopic (exact) mass is 975 g/mol. The van der Waals surface area contributed by atoms with Crippen molar-refractivity contribution in [2.45, 2.75) is 15.8 Å². The van der Waals surface area contributed by atoms with Gasteiger partial charge in [-0.15, -0.1) is 5.11 Å². The molecular formula is C40H30N10Na3O12S2. The van der Waals surface area contributed by atoms with E-state index in [1.165, 1.54) is 86.0 Å². The maximum Gasteiger partial charge on any atom is 0.355 e. The molecule has 67 heavy (non-hydrogen) atoms. The Balaban J connectivity index is 0.00000327. The number of aliphatic carboxylic acids is 1. The van der Waals surface area contributed by atoms with E-state index >= 15 is 0 Å². The number of aliphatic hydroxyl groups excluding tert-OH is 1. The molecule has 0 saturated carbocycles. The van der Waals surface area contributed by atoms with E-state index < -0.39 is 60.2 Å². The van der Waals surface area contributed by atoms with Crippen molar-refractivity contribution in [1.29, 1.82) is 0 Å². The summed E-state index contributed by atoms with van der Waals surface area (Å²) in [6.07, 6.45) is 0. The fourth-order valence-corrected chi connectivity index (χ4v) is 7.14. The van der Waals surface area contributed by atoms with Gasteiger partial charge in [0.1, 0.15) is 22.0 Å². The number of carboxylic acid groups (broad SMARTS) is 1. The topological polar surface area (TPSA) is 341 Å². The molecule has 3 radical (unpaired) electrons. The summed E-state index contributed by atoms with van der Waals surface area (Å²) in [5, 5.41) is 60.4. The number of nitrogen functional groups attached to an aromatic ring is 1. The van der Waals surface area contributed by atoms with Crippen LogP contribution in [-0.4, -0.2) is 167 Å². The zero-order chi connectivity index (χ0) is 45.9. The number of phenols is 1. The molecule has 1 unspecified atom stereocenters. The van der Waals surface area contributed by atoms with Gasteiger partial charge in [0, 0.05) is 111 Å². The van der Waals surface area contributed by atoms with Crippen molar-refractivity contribution in [3.05, 3.63) is 121 Å². The maximum atomic E-state index is 13.6. The number of anilines is 2. The molecule has 1 heterocycles. The second-order valence-electron chi connectivity index (χ2n) is 13.3. The minimum Gasteiger partial charge on any atom is -0.505 e. The average Bonchev–Trinajstić information content (AvgIpc) is 3.60. The van der Waals surface area contributed by atoms with Crippen molar-refractivity contribution >= 4 is 189 Å². The number of hydrogen-bond acceptors (Lipinski definition) is 17. The zero-order valence-corrected chi connectivity index (χ0v) is 43.2. The van der Waals surface area contributed by atoms with E-state index in [9.17, 15) is 50.8 Å². The Morgan fingerprint density at radius 3 is 2.00 bits per heavy atom. The normalized spacial score (nSPS) is 14.2. The molecule has 1 atom stereocenters. The fraction of sp³-hybridized carbons (Fsp3) is 0.0500. The van der Waals surface area contributed by atoms with Gasteiger partial charge in [-0.1, -0.05) is 12.1 Å². The van der Waals surface area contributed by atoms with E-state index in [0.717, 1.165) is 17.1 Å². The number of carbonyl (C=O) groups is 2. The largest absolute Gasteiger partial charge is 0.505 e. The predicted octanol–water partition coefficient (Wildman–Crippen LogP) is 6.89. The molecule has 1 aliphatic heterocycles. The molecule has 1 amide bonds. The molecule has 7 N–H and O–H groups in total. The first-order valence-corrected chi connectivity index (χ1v) is 20.9. The van der Waals surface area contributed by atoms with Crippen LogP contribution in [-0.2, 0) is 29.8 Å². The van der Waals surface area contributed by atoms with Crippen LogP contribution >= 0.6 is 0 Å². The molecule has 6 aromatic rings. The Labute approximate surface area is 446 Å². The number of nitrogens with two attached hydrogens (primary N) is 1. The van der Waals surface area contributed by atoms with Crippen molar-refractivity contribution in [1.82, 2.24) is 0 Å². The summed E-state index contributed by atoms with van der Waals surface area (Å²) < 4.78 is 72.7. The van der Waals surface area contributed by atoms with Crippen molar-refractivity contribution in [2.24, 2.45) is 40.8 Å². The third kappa shape index (κ3) is 12.8. The Morgan fingerprint density at radius 2 is 1.36 bits per heavy atom. The first kappa shape index (κ1) is 54.3. The number of ether oxygens (including phenoxy) is 1. The number of rotatable bonds is 13. The van der Waals surface area contributed by atoms with E-state index in [2.05, 4.69) is 40.8 Å². The molecule has 0 fully saturated rings. The number of aromatic hydroxyl groups is 1. The molecule has 0 aromatic heterocycles. The van der Waals surface area contributed by atoms with Crippen LogP contribution in [0.3, 0.4) is 0 Å².